The summed E-state index contributed by atoms with van der Waals surface area (Å²) in [5.41, 5.74) is 2.14. The normalized spacial score (nSPS) is 12.6. The summed E-state index contributed by atoms with van der Waals surface area (Å²) in [5, 5.41) is 0. The van der Waals surface area contributed by atoms with E-state index in [0.29, 0.717) is 16.6 Å². The van der Waals surface area contributed by atoms with Crippen LogP contribution in [0.3, 0.4) is 0 Å². The standard InChI is InChI=1S/C26H56OSi/c1-8-9-10-11-12-13-14-15-16-17-18-19-20-21-22-23-27-28(24(2)3,25(4)5)26(6)7/h24-26H,8-23H2,1-7H3. The molecule has 0 aliphatic heterocycles. The smallest absolute Gasteiger partial charge is 0.200 e. The molecule has 0 aromatic rings. The molecule has 0 spiro atoms. The lowest BCUT2D eigenvalue weighted by molar-refractivity contribution is 0.267. The number of hydrogen-bond donors (Lipinski definition) is 0. The summed E-state index contributed by atoms with van der Waals surface area (Å²) in [7, 11) is -1.63. The SMILES string of the molecule is CCCCCCCCCCCCCCCCCO[Si](C(C)C)(C(C)C)C(C)C. The maximum atomic E-state index is 6.67. The van der Waals surface area contributed by atoms with E-state index < -0.39 is 8.32 Å². The van der Waals surface area contributed by atoms with E-state index in [1.54, 1.807) is 0 Å². The van der Waals surface area contributed by atoms with Crippen molar-refractivity contribution in [3.63, 3.8) is 0 Å². The molecule has 0 aliphatic carbocycles. The van der Waals surface area contributed by atoms with E-state index in [9.17, 15) is 0 Å². The Morgan fingerprint density at radius 1 is 0.464 bits per heavy atom. The van der Waals surface area contributed by atoms with Crippen LogP contribution in [0.15, 0.2) is 0 Å². The lowest BCUT2D eigenvalue weighted by Crippen LogP contribution is -2.47. The molecule has 28 heavy (non-hydrogen) atoms. The summed E-state index contributed by atoms with van der Waals surface area (Å²) in [4.78, 5) is 0. The van der Waals surface area contributed by atoms with Crippen LogP contribution in [0.5, 0.6) is 0 Å². The summed E-state index contributed by atoms with van der Waals surface area (Å²) in [6.07, 6.45) is 21.4. The first kappa shape index (κ1) is 28.2. The molecular weight excluding hydrogens is 356 g/mol. The van der Waals surface area contributed by atoms with Gasteiger partial charge in [0.25, 0.3) is 0 Å². The third kappa shape index (κ3) is 12.0. The predicted octanol–water partition coefficient (Wildman–Crippen LogP) is 10.0. The van der Waals surface area contributed by atoms with Gasteiger partial charge in [-0.15, -0.1) is 0 Å². The highest BCUT2D eigenvalue weighted by molar-refractivity contribution is 6.77. The van der Waals surface area contributed by atoms with Crippen molar-refractivity contribution in [2.45, 2.75) is 161 Å². The molecular formula is C26H56OSi. The van der Waals surface area contributed by atoms with Crippen LogP contribution in [0, 0.1) is 0 Å². The van der Waals surface area contributed by atoms with Gasteiger partial charge in [0.2, 0.25) is 0 Å². The molecule has 0 aromatic heterocycles. The van der Waals surface area contributed by atoms with Gasteiger partial charge in [-0.05, 0) is 23.0 Å². The lowest BCUT2D eigenvalue weighted by Gasteiger charge is -2.42. The topological polar surface area (TPSA) is 9.23 Å². The van der Waals surface area contributed by atoms with Crippen molar-refractivity contribution in [3.8, 4) is 0 Å². The first-order valence-corrected chi connectivity index (χ1v) is 15.2. The number of hydrogen-bond acceptors (Lipinski definition) is 1. The summed E-state index contributed by atoms with van der Waals surface area (Å²) in [5.74, 6) is 0. The Balaban J connectivity index is 3.55. The minimum absolute atomic E-state index is 0.712. The van der Waals surface area contributed by atoms with Crippen molar-refractivity contribution in [1.82, 2.24) is 0 Å². The van der Waals surface area contributed by atoms with E-state index in [4.69, 9.17) is 4.43 Å². The van der Waals surface area contributed by atoms with Gasteiger partial charge >= 0.3 is 0 Å². The summed E-state index contributed by atoms with van der Waals surface area (Å²) in [6, 6.07) is 0. The van der Waals surface area contributed by atoms with Crippen LogP contribution in [-0.4, -0.2) is 14.9 Å². The maximum absolute atomic E-state index is 6.67. The average Bonchev–Trinajstić information content (AvgIpc) is 2.63. The minimum atomic E-state index is -1.63. The van der Waals surface area contributed by atoms with Crippen LogP contribution in [-0.2, 0) is 4.43 Å². The van der Waals surface area contributed by atoms with Crippen LogP contribution in [0.1, 0.15) is 145 Å². The Labute approximate surface area is 180 Å². The van der Waals surface area contributed by atoms with Gasteiger partial charge < -0.3 is 4.43 Å². The van der Waals surface area contributed by atoms with Crippen LogP contribution in [0.4, 0.5) is 0 Å². The molecule has 1 nitrogen and oxygen atoms in total. The van der Waals surface area contributed by atoms with Gasteiger partial charge in [-0.3, -0.25) is 0 Å². The fourth-order valence-electron chi connectivity index (χ4n) is 5.22. The highest BCUT2D eigenvalue weighted by Gasteiger charge is 2.44. The largest absolute Gasteiger partial charge is 0.416 e. The van der Waals surface area contributed by atoms with Gasteiger partial charge in [0.15, 0.2) is 8.32 Å². The number of unbranched alkanes of at least 4 members (excludes halogenated alkanes) is 14. The van der Waals surface area contributed by atoms with Crippen molar-refractivity contribution < 1.29 is 4.43 Å². The highest BCUT2D eigenvalue weighted by Crippen LogP contribution is 2.42. The highest BCUT2D eigenvalue weighted by atomic mass is 28.4. The second-order valence-corrected chi connectivity index (χ2v) is 15.6. The molecule has 0 saturated carbocycles. The van der Waals surface area contributed by atoms with Crippen molar-refractivity contribution in [1.29, 1.82) is 0 Å². The second-order valence-electron chi connectivity index (χ2n) is 10.1. The van der Waals surface area contributed by atoms with E-state index in [-0.39, 0.29) is 0 Å². The Hall–Kier alpha value is 0.177. The molecule has 0 atom stereocenters. The molecule has 0 radical (unpaired) electrons. The van der Waals surface area contributed by atoms with Crippen molar-refractivity contribution in [3.05, 3.63) is 0 Å². The fraction of sp³-hybridized carbons (Fsp3) is 1.00. The minimum Gasteiger partial charge on any atom is -0.416 e. The first-order chi connectivity index (χ1) is 13.4. The second kappa shape index (κ2) is 18.0. The molecule has 0 N–H and O–H groups in total. The molecule has 0 fully saturated rings. The summed E-state index contributed by atoms with van der Waals surface area (Å²) >= 11 is 0. The third-order valence-electron chi connectivity index (χ3n) is 6.81. The van der Waals surface area contributed by atoms with Crippen molar-refractivity contribution >= 4 is 8.32 Å². The molecule has 0 aliphatic rings. The van der Waals surface area contributed by atoms with Gasteiger partial charge in [-0.25, -0.2) is 0 Å². The Kier molecular flexibility index (Phi) is 18.1. The summed E-state index contributed by atoms with van der Waals surface area (Å²) < 4.78 is 6.67. The number of rotatable bonds is 20. The van der Waals surface area contributed by atoms with Gasteiger partial charge in [0, 0.05) is 6.61 Å². The van der Waals surface area contributed by atoms with E-state index >= 15 is 0 Å². The Morgan fingerprint density at radius 2 is 0.750 bits per heavy atom. The lowest BCUT2D eigenvalue weighted by atomic mass is 10.0. The van der Waals surface area contributed by atoms with Crippen LogP contribution in [0.2, 0.25) is 16.6 Å². The molecule has 170 valence electrons. The van der Waals surface area contributed by atoms with Gasteiger partial charge in [0.05, 0.1) is 0 Å². The molecule has 0 amide bonds. The molecule has 2 heteroatoms. The van der Waals surface area contributed by atoms with Crippen molar-refractivity contribution in [2.24, 2.45) is 0 Å². The molecule has 0 bridgehead atoms. The molecule has 0 saturated heterocycles. The Morgan fingerprint density at radius 3 is 1.04 bits per heavy atom. The molecule has 0 heterocycles. The zero-order valence-corrected chi connectivity index (χ0v) is 22.0. The first-order valence-electron chi connectivity index (χ1n) is 13.0. The molecule has 0 rings (SSSR count). The zero-order valence-electron chi connectivity index (χ0n) is 21.0. The maximum Gasteiger partial charge on any atom is 0.200 e. The van der Waals surface area contributed by atoms with E-state index in [2.05, 4.69) is 48.5 Å². The summed E-state index contributed by atoms with van der Waals surface area (Å²) in [6.45, 7) is 17.6. The van der Waals surface area contributed by atoms with Gasteiger partial charge in [0.1, 0.15) is 0 Å². The quantitative estimate of drug-likeness (QED) is 0.143. The van der Waals surface area contributed by atoms with Crippen LogP contribution < -0.4 is 0 Å². The molecule has 0 aromatic carbocycles. The Bertz CT molecular complexity index is 303. The van der Waals surface area contributed by atoms with Gasteiger partial charge in [-0.2, -0.15) is 0 Å². The van der Waals surface area contributed by atoms with E-state index in [1.807, 2.05) is 0 Å². The zero-order chi connectivity index (χ0) is 21.3. The average molecular weight is 413 g/mol. The predicted molar refractivity (Wildman–Crippen MR) is 132 cm³/mol. The fourth-order valence-corrected chi connectivity index (χ4v) is 10.7. The monoisotopic (exact) mass is 412 g/mol. The van der Waals surface area contributed by atoms with Crippen LogP contribution in [0.25, 0.3) is 0 Å². The van der Waals surface area contributed by atoms with Crippen molar-refractivity contribution in [2.75, 3.05) is 6.61 Å². The van der Waals surface area contributed by atoms with Gasteiger partial charge in [-0.1, -0.05) is 138 Å². The van der Waals surface area contributed by atoms with E-state index in [0.717, 1.165) is 6.61 Å². The van der Waals surface area contributed by atoms with E-state index in [1.165, 1.54) is 96.3 Å². The van der Waals surface area contributed by atoms with Crippen LogP contribution >= 0.6 is 0 Å². The molecule has 0 unspecified atom stereocenters. The third-order valence-corrected chi connectivity index (χ3v) is 12.9.